The maximum Gasteiger partial charge on any atom is 0.389 e. The zero-order chi connectivity index (χ0) is 28.9. The molecule has 0 saturated heterocycles. The van der Waals surface area contributed by atoms with Crippen molar-refractivity contribution in [2.45, 2.75) is 39.8 Å². The molecule has 0 atom stereocenters. The predicted molar refractivity (Wildman–Crippen MR) is 142 cm³/mol. The fraction of sp³-hybridized carbons (Fsp3) is 0.276. The van der Waals surface area contributed by atoms with E-state index in [9.17, 15) is 27.2 Å². The number of furan rings is 1. The molecule has 2 aromatic carbocycles. The molecule has 2 aromatic heterocycles. The predicted octanol–water partition coefficient (Wildman–Crippen LogP) is 6.92. The quantitative estimate of drug-likeness (QED) is 0.258. The van der Waals surface area contributed by atoms with Gasteiger partial charge in [-0.2, -0.15) is 13.2 Å². The SMILES string of the molecule is CC(C)C.CNC(=O)c1c(-c2ccc(F)cc2)oc2nc(CCC(F)(F)F)c(-c3cccc(C(N)=O)c3)cc12. The summed E-state index contributed by atoms with van der Waals surface area (Å²) in [6.07, 6.45) is -6.03. The normalized spacial score (nSPS) is 11.3. The van der Waals surface area contributed by atoms with E-state index >= 15 is 0 Å². The first-order valence-corrected chi connectivity index (χ1v) is 12.2. The van der Waals surface area contributed by atoms with Crippen molar-refractivity contribution in [2.75, 3.05) is 7.05 Å². The van der Waals surface area contributed by atoms with E-state index in [1.165, 1.54) is 49.5 Å². The summed E-state index contributed by atoms with van der Waals surface area (Å²) in [5, 5.41) is 2.76. The first-order chi connectivity index (χ1) is 18.3. The van der Waals surface area contributed by atoms with Crippen LogP contribution in [0.25, 0.3) is 33.6 Å². The summed E-state index contributed by atoms with van der Waals surface area (Å²) in [4.78, 5) is 28.8. The average molecular weight is 544 g/mol. The first kappa shape index (κ1) is 29.3. The van der Waals surface area contributed by atoms with Crippen LogP contribution in [0.5, 0.6) is 0 Å². The lowest BCUT2D eigenvalue weighted by Gasteiger charge is -2.12. The zero-order valence-electron chi connectivity index (χ0n) is 21.9. The third-order valence-corrected chi connectivity index (χ3v) is 5.43. The minimum Gasteiger partial charge on any atom is -0.437 e. The molecular formula is C29H29F4N3O3. The van der Waals surface area contributed by atoms with Gasteiger partial charge in [-0.3, -0.25) is 9.59 Å². The Kier molecular flexibility index (Phi) is 9.11. The second-order valence-corrected chi connectivity index (χ2v) is 9.52. The number of benzene rings is 2. The fourth-order valence-corrected chi connectivity index (χ4v) is 3.75. The topological polar surface area (TPSA) is 98.2 Å². The number of aromatic nitrogens is 1. The molecule has 4 aromatic rings. The molecule has 0 unspecified atom stereocenters. The van der Waals surface area contributed by atoms with Crippen LogP contribution in [0.4, 0.5) is 17.6 Å². The summed E-state index contributed by atoms with van der Waals surface area (Å²) in [7, 11) is 1.41. The number of alkyl halides is 3. The molecule has 0 saturated carbocycles. The van der Waals surface area contributed by atoms with Gasteiger partial charge in [-0.15, -0.1) is 0 Å². The third-order valence-electron chi connectivity index (χ3n) is 5.43. The van der Waals surface area contributed by atoms with Crippen LogP contribution in [0.3, 0.4) is 0 Å². The van der Waals surface area contributed by atoms with Crippen LogP contribution in [0.2, 0.25) is 0 Å². The number of aryl methyl sites for hydroxylation is 1. The Labute approximate surface area is 223 Å². The van der Waals surface area contributed by atoms with E-state index in [0.717, 1.165) is 5.92 Å². The number of halogens is 4. The third kappa shape index (κ3) is 7.43. The molecule has 39 heavy (non-hydrogen) atoms. The number of pyridine rings is 1. The van der Waals surface area contributed by atoms with Crippen LogP contribution in [-0.2, 0) is 6.42 Å². The second-order valence-electron chi connectivity index (χ2n) is 9.52. The Morgan fingerprint density at radius 2 is 1.67 bits per heavy atom. The van der Waals surface area contributed by atoms with Gasteiger partial charge in [0.25, 0.3) is 5.91 Å². The lowest BCUT2D eigenvalue weighted by Crippen LogP contribution is -2.18. The number of primary amides is 1. The molecule has 2 heterocycles. The van der Waals surface area contributed by atoms with Crippen LogP contribution in [-0.4, -0.2) is 30.0 Å². The van der Waals surface area contributed by atoms with Gasteiger partial charge in [0, 0.05) is 30.2 Å². The second kappa shape index (κ2) is 12.1. The number of hydrogen-bond acceptors (Lipinski definition) is 4. The van der Waals surface area contributed by atoms with E-state index < -0.39 is 36.6 Å². The smallest absolute Gasteiger partial charge is 0.389 e. The van der Waals surface area contributed by atoms with E-state index in [4.69, 9.17) is 10.2 Å². The number of fused-ring (bicyclic) bond motifs is 1. The maximum atomic E-state index is 13.4. The van der Waals surface area contributed by atoms with Crippen molar-refractivity contribution in [3.05, 3.63) is 77.2 Å². The molecule has 0 fully saturated rings. The van der Waals surface area contributed by atoms with E-state index in [2.05, 4.69) is 31.1 Å². The summed E-state index contributed by atoms with van der Waals surface area (Å²) in [6.45, 7) is 6.50. The van der Waals surface area contributed by atoms with Crippen molar-refractivity contribution in [1.29, 1.82) is 0 Å². The van der Waals surface area contributed by atoms with E-state index in [0.29, 0.717) is 16.7 Å². The summed E-state index contributed by atoms with van der Waals surface area (Å²) >= 11 is 0. The summed E-state index contributed by atoms with van der Waals surface area (Å²) in [5.74, 6) is -0.789. The van der Waals surface area contributed by atoms with Crippen LogP contribution in [0.15, 0.2) is 59.0 Å². The number of amides is 2. The van der Waals surface area contributed by atoms with Gasteiger partial charge in [0.2, 0.25) is 11.6 Å². The Balaban J connectivity index is 0.000000983. The Bertz CT molecular complexity index is 1470. The lowest BCUT2D eigenvalue weighted by molar-refractivity contribution is -0.134. The highest BCUT2D eigenvalue weighted by Gasteiger charge is 2.29. The van der Waals surface area contributed by atoms with Crippen molar-refractivity contribution in [2.24, 2.45) is 11.7 Å². The van der Waals surface area contributed by atoms with E-state index in [1.807, 2.05) is 0 Å². The van der Waals surface area contributed by atoms with Gasteiger partial charge in [0.1, 0.15) is 11.6 Å². The molecular weight excluding hydrogens is 514 g/mol. The van der Waals surface area contributed by atoms with Crippen molar-refractivity contribution in [3.63, 3.8) is 0 Å². The Hall–Kier alpha value is -4.21. The molecule has 4 rings (SSSR count). The van der Waals surface area contributed by atoms with Crippen LogP contribution < -0.4 is 11.1 Å². The highest BCUT2D eigenvalue weighted by molar-refractivity contribution is 6.11. The largest absolute Gasteiger partial charge is 0.437 e. The van der Waals surface area contributed by atoms with Crippen molar-refractivity contribution >= 4 is 22.9 Å². The number of nitrogens with zero attached hydrogens (tertiary/aromatic N) is 1. The van der Waals surface area contributed by atoms with Gasteiger partial charge in [0.15, 0.2) is 0 Å². The van der Waals surface area contributed by atoms with Gasteiger partial charge in [-0.25, -0.2) is 9.37 Å². The van der Waals surface area contributed by atoms with E-state index in [-0.39, 0.29) is 33.7 Å². The molecule has 6 nitrogen and oxygen atoms in total. The lowest BCUT2D eigenvalue weighted by atomic mass is 9.96. The van der Waals surface area contributed by atoms with Crippen LogP contribution in [0, 0.1) is 11.7 Å². The molecule has 0 aliphatic carbocycles. The molecule has 2 amide bonds. The molecule has 3 N–H and O–H groups in total. The standard InChI is InChI=1S/C25H19F4N3O3.C4H10/c1-31-23(34)20-18-12-17(14-3-2-4-15(11-14)22(30)33)19(9-10-25(27,28)29)32-24(18)35-21(20)13-5-7-16(26)8-6-13;1-4(2)3/h2-8,11-12H,9-10H2,1H3,(H2,30,33)(H,31,34);4H,1-3H3. The number of nitrogens with one attached hydrogen (secondary N) is 1. The van der Waals surface area contributed by atoms with Crippen molar-refractivity contribution in [1.82, 2.24) is 10.3 Å². The molecule has 0 spiro atoms. The van der Waals surface area contributed by atoms with Crippen molar-refractivity contribution in [3.8, 4) is 22.5 Å². The van der Waals surface area contributed by atoms with Gasteiger partial charge < -0.3 is 15.5 Å². The monoisotopic (exact) mass is 543 g/mol. The minimum absolute atomic E-state index is 0.0464. The number of carbonyl (C=O) groups excluding carboxylic acids is 2. The maximum absolute atomic E-state index is 13.4. The first-order valence-electron chi connectivity index (χ1n) is 12.2. The molecule has 0 bridgehead atoms. The van der Waals surface area contributed by atoms with Gasteiger partial charge >= 0.3 is 6.18 Å². The summed E-state index contributed by atoms with van der Waals surface area (Å²) in [6, 6.07) is 12.8. The number of rotatable bonds is 6. The van der Waals surface area contributed by atoms with Gasteiger partial charge in [0.05, 0.1) is 16.6 Å². The van der Waals surface area contributed by atoms with E-state index in [1.54, 1.807) is 12.1 Å². The highest BCUT2D eigenvalue weighted by Crippen LogP contribution is 2.37. The zero-order valence-corrected chi connectivity index (χ0v) is 21.9. The molecule has 0 aliphatic heterocycles. The molecule has 0 aliphatic rings. The number of carbonyl (C=O) groups is 2. The Morgan fingerprint density at radius 3 is 2.23 bits per heavy atom. The van der Waals surface area contributed by atoms with Gasteiger partial charge in [-0.1, -0.05) is 32.9 Å². The molecule has 0 radical (unpaired) electrons. The fourth-order valence-electron chi connectivity index (χ4n) is 3.75. The van der Waals surface area contributed by atoms with Gasteiger partial charge in [-0.05, 0) is 60.4 Å². The highest BCUT2D eigenvalue weighted by atomic mass is 19.4. The molecule has 206 valence electrons. The Morgan fingerprint density at radius 1 is 1.03 bits per heavy atom. The van der Waals surface area contributed by atoms with Crippen molar-refractivity contribution < 1.29 is 31.6 Å². The summed E-state index contributed by atoms with van der Waals surface area (Å²) < 4.78 is 58.4. The number of nitrogens with two attached hydrogens (primary N) is 1. The number of hydrogen-bond donors (Lipinski definition) is 2. The average Bonchev–Trinajstić information content (AvgIpc) is 3.24. The minimum atomic E-state index is -4.43. The summed E-state index contributed by atoms with van der Waals surface area (Å²) in [5.41, 5.74) is 6.73. The van der Waals surface area contributed by atoms with Crippen LogP contribution in [0.1, 0.15) is 53.6 Å². The molecule has 10 heteroatoms. The van der Waals surface area contributed by atoms with Crippen LogP contribution >= 0.6 is 0 Å².